The van der Waals surface area contributed by atoms with Gasteiger partial charge in [0.15, 0.2) is 0 Å². The van der Waals surface area contributed by atoms with Crippen LogP contribution in [0.3, 0.4) is 0 Å². The molecule has 1 saturated heterocycles. The van der Waals surface area contributed by atoms with Crippen LogP contribution in [0, 0.1) is 12.8 Å². The van der Waals surface area contributed by atoms with Crippen LogP contribution < -0.4 is 11.1 Å². The van der Waals surface area contributed by atoms with Crippen LogP contribution in [0.4, 0.5) is 5.69 Å². The van der Waals surface area contributed by atoms with E-state index >= 15 is 0 Å². The molecule has 0 saturated carbocycles. The van der Waals surface area contributed by atoms with Gasteiger partial charge in [-0.25, -0.2) is 0 Å². The summed E-state index contributed by atoms with van der Waals surface area (Å²) < 4.78 is 0. The predicted octanol–water partition coefficient (Wildman–Crippen LogP) is 2.68. The number of carbonyl (C=O) groups is 1. The molecule has 0 spiro atoms. The summed E-state index contributed by atoms with van der Waals surface area (Å²) in [5.74, 6) is 0.497. The van der Waals surface area contributed by atoms with Crippen molar-refractivity contribution in [1.29, 1.82) is 0 Å². The van der Waals surface area contributed by atoms with E-state index < -0.39 is 0 Å². The molecule has 1 aliphatic rings. The van der Waals surface area contributed by atoms with E-state index in [9.17, 15) is 4.79 Å². The normalized spacial score (nSPS) is 19.9. The van der Waals surface area contributed by atoms with Gasteiger partial charge in [0.1, 0.15) is 0 Å². The lowest BCUT2D eigenvalue weighted by Crippen LogP contribution is -2.34. The van der Waals surface area contributed by atoms with Gasteiger partial charge in [-0.15, -0.1) is 12.4 Å². The number of carbonyl (C=O) groups excluding carboxylic acids is 1. The third-order valence-electron chi connectivity index (χ3n) is 3.96. The molecule has 1 amide bonds. The predicted molar refractivity (Wildman–Crippen MR) is 90.3 cm³/mol. The number of hydrogen-bond donors (Lipinski definition) is 2. The topological polar surface area (TPSA) is 58.4 Å². The molecule has 6 heteroatoms. The lowest BCUT2D eigenvalue weighted by Gasteiger charge is -2.18. The Morgan fingerprint density at radius 2 is 2.29 bits per heavy atom. The van der Waals surface area contributed by atoms with Crippen LogP contribution in [0.15, 0.2) is 18.2 Å². The number of nitrogens with two attached hydrogens (primary N) is 1. The number of nitrogens with one attached hydrogen (secondary N) is 1. The highest BCUT2D eigenvalue weighted by Gasteiger charge is 2.26. The van der Waals surface area contributed by atoms with Crippen molar-refractivity contribution in [2.24, 2.45) is 11.7 Å². The zero-order valence-electron chi connectivity index (χ0n) is 12.4. The first-order valence-electron chi connectivity index (χ1n) is 7.00. The Labute approximate surface area is 137 Å². The number of rotatable bonds is 4. The minimum absolute atomic E-state index is 0. The summed E-state index contributed by atoms with van der Waals surface area (Å²) in [6.45, 7) is 6.19. The molecule has 1 aliphatic heterocycles. The molecule has 118 valence electrons. The minimum Gasteiger partial charge on any atom is -0.328 e. The molecule has 0 aliphatic carbocycles. The first kappa shape index (κ1) is 18.2. The van der Waals surface area contributed by atoms with Gasteiger partial charge in [0.25, 0.3) is 0 Å². The fourth-order valence-electron chi connectivity index (χ4n) is 2.57. The Morgan fingerprint density at radius 3 is 2.90 bits per heavy atom. The van der Waals surface area contributed by atoms with E-state index in [1.807, 2.05) is 32.0 Å². The van der Waals surface area contributed by atoms with Gasteiger partial charge in [-0.05, 0) is 50.4 Å². The highest BCUT2D eigenvalue weighted by Crippen LogP contribution is 2.23. The van der Waals surface area contributed by atoms with Crippen LogP contribution in [0.1, 0.15) is 18.9 Å². The van der Waals surface area contributed by atoms with Crippen molar-refractivity contribution < 1.29 is 4.79 Å². The van der Waals surface area contributed by atoms with Crippen LogP contribution in [-0.2, 0) is 4.79 Å². The van der Waals surface area contributed by atoms with E-state index in [-0.39, 0.29) is 24.4 Å². The number of halogens is 2. The van der Waals surface area contributed by atoms with Crippen molar-refractivity contribution >= 4 is 35.6 Å². The van der Waals surface area contributed by atoms with Gasteiger partial charge in [-0.1, -0.05) is 17.7 Å². The maximum absolute atomic E-state index is 12.1. The van der Waals surface area contributed by atoms with E-state index in [2.05, 4.69) is 10.2 Å². The van der Waals surface area contributed by atoms with Crippen LogP contribution in [-0.4, -0.2) is 36.5 Å². The lowest BCUT2D eigenvalue weighted by atomic mass is 10.0. The second-order valence-corrected chi connectivity index (χ2v) is 6.01. The molecule has 2 atom stereocenters. The molecule has 1 aromatic carbocycles. The second-order valence-electron chi connectivity index (χ2n) is 5.60. The van der Waals surface area contributed by atoms with Crippen molar-refractivity contribution in [3.05, 3.63) is 28.8 Å². The summed E-state index contributed by atoms with van der Waals surface area (Å²) in [6.07, 6.45) is 1.07. The van der Waals surface area contributed by atoms with Crippen molar-refractivity contribution in [1.82, 2.24) is 4.90 Å². The number of benzene rings is 1. The third kappa shape index (κ3) is 4.85. The molecular weight excluding hydrogens is 309 g/mol. The quantitative estimate of drug-likeness (QED) is 0.891. The molecule has 21 heavy (non-hydrogen) atoms. The van der Waals surface area contributed by atoms with Crippen LogP contribution in [0.25, 0.3) is 0 Å². The second kappa shape index (κ2) is 7.99. The Morgan fingerprint density at radius 1 is 1.57 bits per heavy atom. The number of likely N-dealkylation sites (tertiary alicyclic amines) is 1. The maximum atomic E-state index is 12.1. The lowest BCUT2D eigenvalue weighted by molar-refractivity contribution is -0.117. The van der Waals surface area contributed by atoms with E-state index in [0.29, 0.717) is 17.5 Å². The molecule has 2 unspecified atom stereocenters. The molecule has 1 fully saturated rings. The van der Waals surface area contributed by atoms with Crippen LogP contribution >= 0.6 is 24.0 Å². The number of amides is 1. The summed E-state index contributed by atoms with van der Waals surface area (Å²) in [5.41, 5.74) is 7.59. The monoisotopic (exact) mass is 331 g/mol. The number of nitrogens with zero attached hydrogens (tertiary/aromatic N) is 1. The molecule has 0 aromatic heterocycles. The first-order valence-corrected chi connectivity index (χ1v) is 7.38. The minimum atomic E-state index is 0. The maximum Gasteiger partial charge on any atom is 0.238 e. The smallest absolute Gasteiger partial charge is 0.238 e. The molecule has 3 N–H and O–H groups in total. The first-order chi connectivity index (χ1) is 9.47. The Bertz CT molecular complexity index is 494. The zero-order valence-corrected chi connectivity index (χ0v) is 14.0. The molecule has 2 rings (SSSR count). The average molecular weight is 332 g/mol. The molecular formula is C15H23Cl2N3O. The third-order valence-corrected chi connectivity index (χ3v) is 4.37. The van der Waals surface area contributed by atoms with E-state index in [1.54, 1.807) is 0 Å². The Hall–Kier alpha value is -0.810. The summed E-state index contributed by atoms with van der Waals surface area (Å²) in [4.78, 5) is 14.2. The molecule has 1 heterocycles. The molecule has 1 aromatic rings. The van der Waals surface area contributed by atoms with Gasteiger partial charge in [0.2, 0.25) is 5.91 Å². The average Bonchev–Trinajstić information content (AvgIpc) is 2.83. The van der Waals surface area contributed by atoms with Gasteiger partial charge in [0, 0.05) is 23.3 Å². The van der Waals surface area contributed by atoms with E-state index in [4.69, 9.17) is 17.3 Å². The summed E-state index contributed by atoms with van der Waals surface area (Å²) in [5, 5.41) is 3.59. The van der Waals surface area contributed by atoms with Crippen molar-refractivity contribution in [2.45, 2.75) is 26.3 Å². The zero-order chi connectivity index (χ0) is 14.7. The van der Waals surface area contributed by atoms with Crippen molar-refractivity contribution in [3.8, 4) is 0 Å². The number of hydrogen-bond acceptors (Lipinski definition) is 3. The van der Waals surface area contributed by atoms with Crippen LogP contribution in [0.5, 0.6) is 0 Å². The summed E-state index contributed by atoms with van der Waals surface area (Å²) >= 11 is 6.05. The Balaban J connectivity index is 0.00000220. The van der Waals surface area contributed by atoms with Gasteiger partial charge in [-0.3, -0.25) is 9.69 Å². The van der Waals surface area contributed by atoms with Crippen LogP contribution in [0.2, 0.25) is 5.02 Å². The highest BCUT2D eigenvalue weighted by atomic mass is 35.5. The summed E-state index contributed by atoms with van der Waals surface area (Å²) in [7, 11) is 0. The van der Waals surface area contributed by atoms with Gasteiger partial charge in [-0.2, -0.15) is 0 Å². The fourth-order valence-corrected chi connectivity index (χ4v) is 2.75. The van der Waals surface area contributed by atoms with E-state index in [1.165, 1.54) is 0 Å². The van der Waals surface area contributed by atoms with Gasteiger partial charge < -0.3 is 11.1 Å². The molecule has 0 radical (unpaired) electrons. The molecule has 4 nitrogen and oxygen atoms in total. The van der Waals surface area contributed by atoms with Gasteiger partial charge >= 0.3 is 0 Å². The van der Waals surface area contributed by atoms with Crippen molar-refractivity contribution in [3.63, 3.8) is 0 Å². The fraction of sp³-hybridized carbons (Fsp3) is 0.533. The van der Waals surface area contributed by atoms with E-state index in [0.717, 1.165) is 30.8 Å². The summed E-state index contributed by atoms with van der Waals surface area (Å²) in [6, 6.07) is 5.72. The van der Waals surface area contributed by atoms with Crippen molar-refractivity contribution in [2.75, 3.05) is 25.0 Å². The number of anilines is 1. The SMILES string of the molecule is Cc1c(Cl)cccc1NC(=O)CN1CCC(C(C)N)C1.Cl. The highest BCUT2D eigenvalue weighted by molar-refractivity contribution is 6.31. The Kier molecular flexibility index (Phi) is 6.94. The standard InChI is InChI=1S/C15H22ClN3O.ClH/c1-10-13(16)4-3-5-14(10)18-15(20)9-19-7-6-12(8-19)11(2)17;/h3-5,11-12H,6-9,17H2,1-2H3,(H,18,20);1H. The van der Waals surface area contributed by atoms with Gasteiger partial charge in [0.05, 0.1) is 6.54 Å². The molecule has 0 bridgehead atoms. The largest absolute Gasteiger partial charge is 0.328 e.